The number of carbonyl (C=O) groups is 2. The fraction of sp³-hybridized carbons (Fsp3) is 0.462. The molecule has 0 bridgehead atoms. The van der Waals surface area contributed by atoms with Crippen LogP contribution in [0.15, 0.2) is 54.6 Å². The highest BCUT2D eigenvalue weighted by atomic mass is 16.6. The van der Waals surface area contributed by atoms with Gasteiger partial charge in [-0.1, -0.05) is 54.6 Å². The SMILES string of the molecule is CN(C)C(=O)[C@@H]1CC[C@H](N(Cc2ccc(-c3ccccc3)cc2)C(=O)OC(C)(C)C)C1. The van der Waals surface area contributed by atoms with E-state index in [2.05, 4.69) is 36.4 Å². The summed E-state index contributed by atoms with van der Waals surface area (Å²) in [5, 5.41) is 0. The molecule has 0 aliphatic heterocycles. The van der Waals surface area contributed by atoms with Gasteiger partial charge in [0.05, 0.1) is 0 Å². The Balaban J connectivity index is 1.77. The summed E-state index contributed by atoms with van der Waals surface area (Å²) in [6.45, 7) is 6.11. The summed E-state index contributed by atoms with van der Waals surface area (Å²) in [5.41, 5.74) is 2.79. The van der Waals surface area contributed by atoms with Gasteiger partial charge in [0.15, 0.2) is 0 Å². The molecule has 0 heterocycles. The van der Waals surface area contributed by atoms with Crippen molar-refractivity contribution in [2.45, 2.75) is 58.2 Å². The van der Waals surface area contributed by atoms with Gasteiger partial charge >= 0.3 is 6.09 Å². The molecule has 2 aromatic rings. The number of rotatable bonds is 5. The summed E-state index contributed by atoms with van der Waals surface area (Å²) in [7, 11) is 3.57. The van der Waals surface area contributed by atoms with Crippen molar-refractivity contribution in [3.8, 4) is 11.1 Å². The lowest BCUT2D eigenvalue weighted by molar-refractivity contribution is -0.132. The Morgan fingerprint density at radius 1 is 0.935 bits per heavy atom. The second kappa shape index (κ2) is 9.54. The van der Waals surface area contributed by atoms with Crippen molar-refractivity contribution in [1.82, 2.24) is 9.80 Å². The maximum absolute atomic E-state index is 13.1. The van der Waals surface area contributed by atoms with Crippen molar-refractivity contribution in [1.29, 1.82) is 0 Å². The Labute approximate surface area is 186 Å². The van der Waals surface area contributed by atoms with Crippen LogP contribution in [0, 0.1) is 5.92 Å². The van der Waals surface area contributed by atoms with E-state index >= 15 is 0 Å². The molecule has 0 spiro atoms. The third-order valence-electron chi connectivity index (χ3n) is 5.68. The Kier molecular flexibility index (Phi) is 7.04. The van der Waals surface area contributed by atoms with Gasteiger partial charge in [-0.05, 0) is 56.7 Å². The van der Waals surface area contributed by atoms with Crippen LogP contribution in [0.4, 0.5) is 4.79 Å². The molecule has 2 aromatic carbocycles. The van der Waals surface area contributed by atoms with Crippen LogP contribution in [0.3, 0.4) is 0 Å². The quantitative estimate of drug-likeness (QED) is 0.653. The predicted octanol–water partition coefficient (Wildman–Crippen LogP) is 5.35. The minimum atomic E-state index is -0.566. The number of nitrogens with zero attached hydrogens (tertiary/aromatic N) is 2. The van der Waals surface area contributed by atoms with Crippen molar-refractivity contribution in [3.05, 3.63) is 60.2 Å². The zero-order valence-corrected chi connectivity index (χ0v) is 19.3. The smallest absolute Gasteiger partial charge is 0.410 e. The zero-order chi connectivity index (χ0) is 22.6. The number of hydrogen-bond acceptors (Lipinski definition) is 3. The third kappa shape index (κ3) is 6.09. The van der Waals surface area contributed by atoms with Gasteiger partial charge in [-0.3, -0.25) is 4.79 Å². The Morgan fingerprint density at radius 2 is 1.55 bits per heavy atom. The summed E-state index contributed by atoms with van der Waals surface area (Å²) in [5.74, 6) is 0.101. The average molecular weight is 423 g/mol. The lowest BCUT2D eigenvalue weighted by Crippen LogP contribution is -2.42. The fourth-order valence-electron chi connectivity index (χ4n) is 4.12. The van der Waals surface area contributed by atoms with E-state index in [0.717, 1.165) is 24.0 Å². The van der Waals surface area contributed by atoms with Crippen LogP contribution in [0.2, 0.25) is 0 Å². The van der Waals surface area contributed by atoms with Crippen LogP contribution in [0.5, 0.6) is 0 Å². The maximum atomic E-state index is 13.1. The molecule has 31 heavy (non-hydrogen) atoms. The second-order valence-electron chi connectivity index (χ2n) is 9.57. The molecule has 1 aliphatic rings. The van der Waals surface area contributed by atoms with E-state index in [1.165, 1.54) is 5.56 Å². The first-order chi connectivity index (χ1) is 14.6. The van der Waals surface area contributed by atoms with E-state index < -0.39 is 5.60 Å². The van der Waals surface area contributed by atoms with Crippen molar-refractivity contribution in [3.63, 3.8) is 0 Å². The van der Waals surface area contributed by atoms with Gasteiger partial charge in [0.25, 0.3) is 0 Å². The molecule has 0 N–H and O–H groups in total. The first kappa shape index (κ1) is 22.9. The normalized spacial score (nSPS) is 18.5. The molecule has 1 aliphatic carbocycles. The lowest BCUT2D eigenvalue weighted by Gasteiger charge is -2.32. The van der Waals surface area contributed by atoms with Gasteiger partial charge in [-0.15, -0.1) is 0 Å². The standard InChI is InChI=1S/C26H34N2O3/c1-26(2,3)31-25(30)28(23-16-15-22(17-23)24(29)27(4)5)18-19-11-13-21(14-12-19)20-9-7-6-8-10-20/h6-14,22-23H,15-18H2,1-5H3/t22-,23+/m1/s1. The van der Waals surface area contributed by atoms with Gasteiger partial charge in [-0.25, -0.2) is 4.79 Å². The molecule has 5 heteroatoms. The molecule has 0 saturated heterocycles. The van der Waals surface area contributed by atoms with Crippen molar-refractivity contribution in [2.75, 3.05) is 14.1 Å². The molecule has 0 unspecified atom stereocenters. The van der Waals surface area contributed by atoms with E-state index in [0.29, 0.717) is 13.0 Å². The molecule has 0 aromatic heterocycles. The summed E-state index contributed by atoms with van der Waals surface area (Å²) in [6, 6.07) is 18.5. The summed E-state index contributed by atoms with van der Waals surface area (Å²) < 4.78 is 5.71. The van der Waals surface area contributed by atoms with Crippen LogP contribution in [0.1, 0.15) is 45.6 Å². The fourth-order valence-corrected chi connectivity index (χ4v) is 4.12. The third-order valence-corrected chi connectivity index (χ3v) is 5.68. The van der Waals surface area contributed by atoms with Gasteiger partial charge in [0.1, 0.15) is 5.60 Å². The second-order valence-corrected chi connectivity index (χ2v) is 9.57. The molecule has 3 rings (SSSR count). The van der Waals surface area contributed by atoms with Crippen molar-refractivity contribution < 1.29 is 14.3 Å². The summed E-state index contributed by atoms with van der Waals surface area (Å²) >= 11 is 0. The molecule has 166 valence electrons. The molecule has 2 atom stereocenters. The van der Waals surface area contributed by atoms with Crippen LogP contribution in [-0.2, 0) is 16.1 Å². The van der Waals surface area contributed by atoms with Gasteiger partial charge < -0.3 is 14.5 Å². The number of benzene rings is 2. The summed E-state index contributed by atoms with van der Waals surface area (Å²) in [6.07, 6.45) is 1.97. The van der Waals surface area contributed by atoms with E-state index in [-0.39, 0.29) is 24.0 Å². The molecule has 5 nitrogen and oxygen atoms in total. The first-order valence-corrected chi connectivity index (χ1v) is 11.0. The lowest BCUT2D eigenvalue weighted by atomic mass is 10.0. The van der Waals surface area contributed by atoms with E-state index in [1.54, 1.807) is 19.0 Å². The zero-order valence-electron chi connectivity index (χ0n) is 19.3. The number of hydrogen-bond donors (Lipinski definition) is 0. The molecule has 0 radical (unpaired) electrons. The Hall–Kier alpha value is -2.82. The molecule has 2 amide bonds. The highest BCUT2D eigenvalue weighted by Gasteiger charge is 2.37. The Morgan fingerprint density at radius 3 is 2.13 bits per heavy atom. The van der Waals surface area contributed by atoms with E-state index in [1.807, 2.05) is 43.9 Å². The maximum Gasteiger partial charge on any atom is 0.410 e. The number of ether oxygens (including phenoxy) is 1. The largest absolute Gasteiger partial charge is 0.444 e. The number of carbonyl (C=O) groups excluding carboxylic acids is 2. The minimum Gasteiger partial charge on any atom is -0.444 e. The molecule has 1 fully saturated rings. The van der Waals surface area contributed by atoms with Crippen molar-refractivity contribution >= 4 is 12.0 Å². The highest BCUT2D eigenvalue weighted by molar-refractivity contribution is 5.79. The van der Waals surface area contributed by atoms with Crippen LogP contribution in [0.25, 0.3) is 11.1 Å². The van der Waals surface area contributed by atoms with Crippen molar-refractivity contribution in [2.24, 2.45) is 5.92 Å². The van der Waals surface area contributed by atoms with Gasteiger partial charge in [0, 0.05) is 32.6 Å². The average Bonchev–Trinajstić information content (AvgIpc) is 3.21. The summed E-state index contributed by atoms with van der Waals surface area (Å²) in [4.78, 5) is 28.9. The molecular formula is C26H34N2O3. The monoisotopic (exact) mass is 422 g/mol. The minimum absolute atomic E-state index is 0.00227. The van der Waals surface area contributed by atoms with Gasteiger partial charge in [0.2, 0.25) is 5.91 Å². The van der Waals surface area contributed by atoms with Crippen LogP contribution < -0.4 is 0 Å². The van der Waals surface area contributed by atoms with E-state index in [9.17, 15) is 9.59 Å². The molecule has 1 saturated carbocycles. The van der Waals surface area contributed by atoms with Crippen LogP contribution >= 0.6 is 0 Å². The first-order valence-electron chi connectivity index (χ1n) is 11.0. The Bertz CT molecular complexity index is 885. The molecular weight excluding hydrogens is 388 g/mol. The number of amides is 2. The van der Waals surface area contributed by atoms with E-state index in [4.69, 9.17) is 4.74 Å². The van der Waals surface area contributed by atoms with Crippen LogP contribution in [-0.4, -0.2) is 47.5 Å². The predicted molar refractivity (Wildman–Crippen MR) is 123 cm³/mol. The van der Waals surface area contributed by atoms with Gasteiger partial charge in [-0.2, -0.15) is 0 Å². The highest BCUT2D eigenvalue weighted by Crippen LogP contribution is 2.32. The topological polar surface area (TPSA) is 49.9 Å².